The highest BCUT2D eigenvalue weighted by Crippen LogP contribution is 2.30. The minimum absolute atomic E-state index is 0.00586. The molecule has 0 aliphatic carbocycles. The maximum absolute atomic E-state index is 12.9. The van der Waals surface area contributed by atoms with Gasteiger partial charge in [0.25, 0.3) is 5.91 Å². The van der Waals surface area contributed by atoms with Crippen molar-refractivity contribution in [2.75, 3.05) is 20.1 Å². The number of thiophene rings is 1. The van der Waals surface area contributed by atoms with Crippen molar-refractivity contribution in [2.24, 2.45) is 0 Å². The summed E-state index contributed by atoms with van der Waals surface area (Å²) in [5.74, 6) is -0.476. The van der Waals surface area contributed by atoms with E-state index in [1.165, 1.54) is 34.5 Å². The molecular formula is C19H21F3N2O3S2. The smallest absolute Gasteiger partial charge is 0.337 e. The zero-order valence-electron chi connectivity index (χ0n) is 15.8. The number of nitrogens with zero attached hydrogens (tertiary/aromatic N) is 2. The monoisotopic (exact) mass is 446 g/mol. The van der Waals surface area contributed by atoms with Crippen molar-refractivity contribution in [1.82, 2.24) is 9.21 Å². The quantitative estimate of drug-likeness (QED) is 0.691. The molecule has 0 atom stereocenters. The largest absolute Gasteiger partial charge is 0.416 e. The SMILES string of the molecule is CN(Cc1ccc(C(F)(F)F)cc1)C(=O)c1sccc1S(=O)(=O)N1CCCCC1. The third kappa shape index (κ3) is 4.81. The second-order valence-corrected chi connectivity index (χ2v) is 9.76. The predicted molar refractivity (Wildman–Crippen MR) is 104 cm³/mol. The number of amides is 1. The summed E-state index contributed by atoms with van der Waals surface area (Å²) in [4.78, 5) is 14.3. The lowest BCUT2D eigenvalue weighted by Gasteiger charge is -2.26. The van der Waals surface area contributed by atoms with Crippen molar-refractivity contribution >= 4 is 27.3 Å². The Morgan fingerprint density at radius 3 is 2.31 bits per heavy atom. The summed E-state index contributed by atoms with van der Waals surface area (Å²) in [6.07, 6.45) is -1.85. The Morgan fingerprint density at radius 2 is 1.72 bits per heavy atom. The average molecular weight is 447 g/mol. The first kappa shape index (κ1) is 21.8. The number of rotatable bonds is 5. The first-order valence-electron chi connectivity index (χ1n) is 9.10. The van der Waals surface area contributed by atoms with Gasteiger partial charge in [-0.1, -0.05) is 18.6 Å². The fourth-order valence-electron chi connectivity index (χ4n) is 3.22. The number of carbonyl (C=O) groups excluding carboxylic acids is 1. The van der Waals surface area contributed by atoms with Crippen LogP contribution in [0, 0.1) is 0 Å². The summed E-state index contributed by atoms with van der Waals surface area (Å²) in [6, 6.07) is 5.99. The lowest BCUT2D eigenvalue weighted by Crippen LogP contribution is -2.36. The van der Waals surface area contributed by atoms with E-state index in [1.807, 2.05) is 0 Å². The minimum Gasteiger partial charge on any atom is -0.337 e. The number of piperidine rings is 1. The molecule has 1 aliphatic heterocycles. The van der Waals surface area contributed by atoms with E-state index in [1.54, 1.807) is 5.38 Å². The highest BCUT2D eigenvalue weighted by Gasteiger charge is 2.32. The highest BCUT2D eigenvalue weighted by molar-refractivity contribution is 7.89. The second kappa shape index (κ2) is 8.45. The minimum atomic E-state index is -4.42. The molecule has 0 N–H and O–H groups in total. The van der Waals surface area contributed by atoms with Crippen molar-refractivity contribution < 1.29 is 26.4 Å². The van der Waals surface area contributed by atoms with Gasteiger partial charge in [-0.3, -0.25) is 4.79 Å². The van der Waals surface area contributed by atoms with E-state index in [4.69, 9.17) is 0 Å². The van der Waals surface area contributed by atoms with Gasteiger partial charge < -0.3 is 4.90 Å². The summed E-state index contributed by atoms with van der Waals surface area (Å²) >= 11 is 1.05. The van der Waals surface area contributed by atoms with E-state index in [0.29, 0.717) is 18.7 Å². The van der Waals surface area contributed by atoms with E-state index in [2.05, 4.69) is 0 Å². The van der Waals surface area contributed by atoms with Crippen LogP contribution < -0.4 is 0 Å². The van der Waals surface area contributed by atoms with Gasteiger partial charge in [0.2, 0.25) is 10.0 Å². The molecule has 2 heterocycles. The number of carbonyl (C=O) groups is 1. The van der Waals surface area contributed by atoms with Crippen LogP contribution in [0.25, 0.3) is 0 Å². The molecule has 1 amide bonds. The van der Waals surface area contributed by atoms with Crippen LogP contribution in [0.3, 0.4) is 0 Å². The van der Waals surface area contributed by atoms with Gasteiger partial charge in [0.05, 0.1) is 5.56 Å². The van der Waals surface area contributed by atoms with Crippen LogP contribution in [-0.4, -0.2) is 43.7 Å². The molecule has 1 aromatic heterocycles. The van der Waals surface area contributed by atoms with Gasteiger partial charge in [0.15, 0.2) is 0 Å². The Balaban J connectivity index is 1.76. The standard InChI is InChI=1S/C19H21F3N2O3S2/c1-23(13-14-5-7-15(8-6-14)19(20,21)22)18(25)17-16(9-12-28-17)29(26,27)24-10-3-2-4-11-24/h5-9,12H,2-4,10-11,13H2,1H3. The van der Waals surface area contributed by atoms with Crippen molar-refractivity contribution in [3.8, 4) is 0 Å². The Morgan fingerprint density at radius 1 is 1.10 bits per heavy atom. The molecule has 1 aliphatic rings. The van der Waals surface area contributed by atoms with Crippen molar-refractivity contribution in [3.63, 3.8) is 0 Å². The van der Waals surface area contributed by atoms with E-state index < -0.39 is 27.7 Å². The summed E-state index contributed by atoms with van der Waals surface area (Å²) in [6.45, 7) is 0.943. The number of benzene rings is 1. The van der Waals surface area contributed by atoms with E-state index >= 15 is 0 Å². The molecule has 0 spiro atoms. The molecule has 1 saturated heterocycles. The van der Waals surface area contributed by atoms with Crippen LogP contribution in [0.15, 0.2) is 40.6 Å². The predicted octanol–water partition coefficient (Wildman–Crippen LogP) is 4.21. The Hall–Kier alpha value is -1.91. The molecule has 5 nitrogen and oxygen atoms in total. The summed E-state index contributed by atoms with van der Waals surface area (Å²) < 4.78 is 65.3. The molecule has 3 rings (SSSR count). The maximum atomic E-state index is 12.9. The van der Waals surface area contributed by atoms with Crippen LogP contribution in [-0.2, 0) is 22.7 Å². The summed E-state index contributed by atoms with van der Waals surface area (Å²) in [7, 11) is -2.25. The number of hydrogen-bond acceptors (Lipinski definition) is 4. The number of alkyl halides is 3. The van der Waals surface area contributed by atoms with Gasteiger partial charge in [0.1, 0.15) is 9.77 Å². The van der Waals surface area contributed by atoms with Crippen molar-refractivity contribution in [1.29, 1.82) is 0 Å². The third-order valence-electron chi connectivity index (χ3n) is 4.80. The Kier molecular flexibility index (Phi) is 6.35. The molecule has 1 fully saturated rings. The molecule has 158 valence electrons. The molecule has 1 aromatic carbocycles. The molecule has 0 bridgehead atoms. The van der Waals surface area contributed by atoms with Gasteiger partial charge in [-0.05, 0) is 42.0 Å². The van der Waals surface area contributed by atoms with Crippen LogP contribution in [0.4, 0.5) is 13.2 Å². The molecular weight excluding hydrogens is 425 g/mol. The van der Waals surface area contributed by atoms with Crippen LogP contribution in [0.5, 0.6) is 0 Å². The van der Waals surface area contributed by atoms with E-state index in [-0.39, 0.29) is 16.3 Å². The van der Waals surface area contributed by atoms with Gasteiger partial charge in [-0.25, -0.2) is 8.42 Å². The van der Waals surface area contributed by atoms with Gasteiger partial charge in [-0.2, -0.15) is 17.5 Å². The summed E-state index contributed by atoms with van der Waals surface area (Å²) in [5, 5.41) is 1.57. The number of halogens is 3. The van der Waals surface area contributed by atoms with Gasteiger partial charge in [0, 0.05) is 26.7 Å². The Labute approximate surface area is 171 Å². The first-order chi connectivity index (χ1) is 13.6. The van der Waals surface area contributed by atoms with Crippen LogP contribution in [0.1, 0.15) is 40.1 Å². The fraction of sp³-hybridized carbons (Fsp3) is 0.421. The molecule has 29 heavy (non-hydrogen) atoms. The molecule has 0 radical (unpaired) electrons. The van der Waals surface area contributed by atoms with Gasteiger partial charge >= 0.3 is 6.18 Å². The number of hydrogen-bond donors (Lipinski definition) is 0. The van der Waals surface area contributed by atoms with Crippen molar-refractivity contribution in [3.05, 3.63) is 51.7 Å². The lowest BCUT2D eigenvalue weighted by atomic mass is 10.1. The first-order valence-corrected chi connectivity index (χ1v) is 11.4. The summed E-state index contributed by atoms with van der Waals surface area (Å²) in [5.41, 5.74) is -0.241. The highest BCUT2D eigenvalue weighted by atomic mass is 32.2. The lowest BCUT2D eigenvalue weighted by molar-refractivity contribution is -0.137. The fourth-order valence-corrected chi connectivity index (χ4v) is 6.13. The molecule has 2 aromatic rings. The molecule has 0 saturated carbocycles. The zero-order valence-corrected chi connectivity index (χ0v) is 17.4. The third-order valence-corrected chi connectivity index (χ3v) is 7.78. The molecule has 0 unspecified atom stereocenters. The molecule has 10 heteroatoms. The van der Waals surface area contributed by atoms with Crippen LogP contribution in [0.2, 0.25) is 0 Å². The topological polar surface area (TPSA) is 57.7 Å². The van der Waals surface area contributed by atoms with Crippen molar-refractivity contribution in [2.45, 2.75) is 36.9 Å². The zero-order chi connectivity index (χ0) is 21.2. The van der Waals surface area contributed by atoms with E-state index in [9.17, 15) is 26.4 Å². The number of sulfonamides is 1. The van der Waals surface area contributed by atoms with E-state index in [0.717, 1.165) is 42.7 Å². The maximum Gasteiger partial charge on any atom is 0.416 e. The second-order valence-electron chi connectivity index (χ2n) is 6.93. The normalized spacial score (nSPS) is 16.0. The van der Waals surface area contributed by atoms with Crippen LogP contribution >= 0.6 is 11.3 Å². The average Bonchev–Trinajstić information content (AvgIpc) is 3.18. The Bertz CT molecular complexity index is 963. The van der Waals surface area contributed by atoms with Gasteiger partial charge in [-0.15, -0.1) is 11.3 Å².